The first-order valence-electron chi connectivity index (χ1n) is 5.25. The highest BCUT2D eigenvalue weighted by atomic mass is 14.4. The molecule has 0 amide bonds. The summed E-state index contributed by atoms with van der Waals surface area (Å²) in [4.78, 5) is 0. The van der Waals surface area contributed by atoms with E-state index in [4.69, 9.17) is 0 Å². The smallest absolute Gasteiger partial charge is 0.0128 e. The lowest BCUT2D eigenvalue weighted by Crippen LogP contribution is -2.30. The van der Waals surface area contributed by atoms with Gasteiger partial charge in [-0.3, -0.25) is 0 Å². The Hall–Kier alpha value is -0.780. The quantitative estimate of drug-likeness (QED) is 0.608. The molecule has 3 unspecified atom stereocenters. The van der Waals surface area contributed by atoms with Crippen molar-refractivity contribution in [1.29, 1.82) is 0 Å². The van der Waals surface area contributed by atoms with Crippen LogP contribution >= 0.6 is 0 Å². The minimum Gasteiger partial charge on any atom is -0.0622 e. The topological polar surface area (TPSA) is 0 Å². The fourth-order valence-electron chi connectivity index (χ4n) is 2.44. The molecule has 1 aliphatic rings. The van der Waals surface area contributed by atoms with Crippen molar-refractivity contribution in [3.05, 3.63) is 35.4 Å². The van der Waals surface area contributed by atoms with Gasteiger partial charge in [0.1, 0.15) is 0 Å². The van der Waals surface area contributed by atoms with Crippen molar-refractivity contribution in [1.82, 2.24) is 0 Å². The SMILES string of the molecule is Cc1ccccc1C1CC(C)C1C. The maximum atomic E-state index is 2.38. The van der Waals surface area contributed by atoms with E-state index in [1.54, 1.807) is 5.56 Å². The summed E-state index contributed by atoms with van der Waals surface area (Å²) < 4.78 is 0. The summed E-state index contributed by atoms with van der Waals surface area (Å²) in [5.74, 6) is 2.63. The van der Waals surface area contributed by atoms with Crippen LogP contribution in [0.1, 0.15) is 37.3 Å². The average molecular weight is 174 g/mol. The molecule has 0 N–H and O–H groups in total. The van der Waals surface area contributed by atoms with Crippen LogP contribution in [0.25, 0.3) is 0 Å². The van der Waals surface area contributed by atoms with Crippen molar-refractivity contribution in [2.24, 2.45) is 11.8 Å². The first-order chi connectivity index (χ1) is 6.20. The van der Waals surface area contributed by atoms with Crippen molar-refractivity contribution < 1.29 is 0 Å². The van der Waals surface area contributed by atoms with Gasteiger partial charge in [0, 0.05) is 0 Å². The van der Waals surface area contributed by atoms with Crippen LogP contribution < -0.4 is 0 Å². The highest BCUT2D eigenvalue weighted by Crippen LogP contribution is 2.47. The third kappa shape index (κ3) is 1.39. The molecule has 70 valence electrons. The molecule has 0 nitrogen and oxygen atoms in total. The molecule has 1 aliphatic carbocycles. The summed E-state index contributed by atoms with van der Waals surface area (Å²) in [7, 11) is 0. The lowest BCUT2D eigenvalue weighted by Gasteiger charge is -2.42. The Morgan fingerprint density at radius 2 is 1.85 bits per heavy atom. The van der Waals surface area contributed by atoms with Crippen LogP contribution in [0.3, 0.4) is 0 Å². The predicted octanol–water partition coefficient (Wildman–Crippen LogP) is 3.75. The molecule has 0 heterocycles. The van der Waals surface area contributed by atoms with Gasteiger partial charge in [-0.25, -0.2) is 0 Å². The highest BCUT2D eigenvalue weighted by Gasteiger charge is 2.35. The number of hydrogen-bond acceptors (Lipinski definition) is 0. The Bertz CT molecular complexity index is 301. The van der Waals surface area contributed by atoms with Gasteiger partial charge in [-0.2, -0.15) is 0 Å². The van der Waals surface area contributed by atoms with Crippen LogP contribution in [-0.4, -0.2) is 0 Å². The van der Waals surface area contributed by atoms with Crippen molar-refractivity contribution in [3.63, 3.8) is 0 Å². The molecular formula is C13H18. The second kappa shape index (κ2) is 3.17. The van der Waals surface area contributed by atoms with Crippen molar-refractivity contribution in [2.45, 2.75) is 33.1 Å². The molecule has 0 saturated heterocycles. The first kappa shape index (κ1) is 8.80. The maximum Gasteiger partial charge on any atom is -0.0128 e. The summed E-state index contributed by atoms with van der Waals surface area (Å²) in [6.45, 7) is 6.97. The van der Waals surface area contributed by atoms with E-state index in [2.05, 4.69) is 45.0 Å². The fourth-order valence-corrected chi connectivity index (χ4v) is 2.44. The van der Waals surface area contributed by atoms with Gasteiger partial charge in [0.25, 0.3) is 0 Å². The van der Waals surface area contributed by atoms with Gasteiger partial charge in [-0.1, -0.05) is 38.1 Å². The monoisotopic (exact) mass is 174 g/mol. The molecule has 1 aromatic rings. The minimum absolute atomic E-state index is 0.830. The maximum absolute atomic E-state index is 2.38. The molecule has 0 bridgehead atoms. The normalized spacial score (nSPS) is 32.7. The number of benzene rings is 1. The standard InChI is InChI=1S/C13H18/c1-9-6-4-5-7-12(9)13-8-10(2)11(13)3/h4-7,10-11,13H,8H2,1-3H3. The molecule has 1 saturated carbocycles. The van der Waals surface area contributed by atoms with E-state index in [1.165, 1.54) is 12.0 Å². The Labute approximate surface area is 81.0 Å². The molecule has 0 aromatic heterocycles. The van der Waals surface area contributed by atoms with Crippen LogP contribution in [0.5, 0.6) is 0 Å². The van der Waals surface area contributed by atoms with E-state index in [1.807, 2.05) is 0 Å². The third-order valence-electron chi connectivity index (χ3n) is 3.75. The van der Waals surface area contributed by atoms with Crippen molar-refractivity contribution in [2.75, 3.05) is 0 Å². The van der Waals surface area contributed by atoms with Crippen LogP contribution in [0.4, 0.5) is 0 Å². The zero-order valence-corrected chi connectivity index (χ0v) is 8.75. The molecule has 0 aliphatic heterocycles. The molecule has 13 heavy (non-hydrogen) atoms. The van der Waals surface area contributed by atoms with Crippen molar-refractivity contribution >= 4 is 0 Å². The Kier molecular flexibility index (Phi) is 2.15. The molecule has 0 spiro atoms. The first-order valence-corrected chi connectivity index (χ1v) is 5.25. The highest BCUT2D eigenvalue weighted by molar-refractivity contribution is 5.31. The second-order valence-electron chi connectivity index (χ2n) is 4.54. The van der Waals surface area contributed by atoms with E-state index < -0.39 is 0 Å². The van der Waals surface area contributed by atoms with E-state index in [0.717, 1.165) is 17.8 Å². The van der Waals surface area contributed by atoms with Gasteiger partial charge in [0.2, 0.25) is 0 Å². The van der Waals surface area contributed by atoms with Gasteiger partial charge in [-0.05, 0) is 42.2 Å². The largest absolute Gasteiger partial charge is 0.0622 e. The summed E-state index contributed by atoms with van der Waals surface area (Å²) in [5, 5.41) is 0. The van der Waals surface area contributed by atoms with Gasteiger partial charge in [0.05, 0.1) is 0 Å². The Balaban J connectivity index is 2.23. The molecular weight excluding hydrogens is 156 g/mol. The second-order valence-corrected chi connectivity index (χ2v) is 4.54. The molecule has 3 atom stereocenters. The van der Waals surface area contributed by atoms with Crippen LogP contribution in [0.15, 0.2) is 24.3 Å². The summed E-state index contributed by atoms with van der Waals surface area (Å²) in [5.41, 5.74) is 3.04. The lowest BCUT2D eigenvalue weighted by atomic mass is 9.63. The zero-order valence-electron chi connectivity index (χ0n) is 8.75. The minimum atomic E-state index is 0.830. The summed E-state index contributed by atoms with van der Waals surface area (Å²) in [6.07, 6.45) is 1.38. The molecule has 1 fully saturated rings. The van der Waals surface area contributed by atoms with E-state index in [-0.39, 0.29) is 0 Å². The van der Waals surface area contributed by atoms with E-state index in [0.29, 0.717) is 0 Å². The average Bonchev–Trinajstić information content (AvgIpc) is 2.15. The van der Waals surface area contributed by atoms with Crippen LogP contribution in [0, 0.1) is 18.8 Å². The predicted molar refractivity (Wildman–Crippen MR) is 56.9 cm³/mol. The van der Waals surface area contributed by atoms with Gasteiger partial charge in [0.15, 0.2) is 0 Å². The van der Waals surface area contributed by atoms with Gasteiger partial charge >= 0.3 is 0 Å². The number of rotatable bonds is 1. The van der Waals surface area contributed by atoms with E-state index in [9.17, 15) is 0 Å². The molecule has 0 radical (unpaired) electrons. The van der Waals surface area contributed by atoms with Crippen LogP contribution in [-0.2, 0) is 0 Å². The Morgan fingerprint density at radius 3 is 2.38 bits per heavy atom. The molecule has 2 rings (SSSR count). The van der Waals surface area contributed by atoms with Crippen LogP contribution in [0.2, 0.25) is 0 Å². The number of hydrogen-bond donors (Lipinski definition) is 0. The molecule has 0 heteroatoms. The number of aryl methyl sites for hydroxylation is 1. The lowest BCUT2D eigenvalue weighted by molar-refractivity contribution is 0.169. The zero-order chi connectivity index (χ0) is 9.42. The van der Waals surface area contributed by atoms with Gasteiger partial charge in [-0.15, -0.1) is 0 Å². The fraction of sp³-hybridized carbons (Fsp3) is 0.538. The van der Waals surface area contributed by atoms with E-state index >= 15 is 0 Å². The Morgan fingerprint density at radius 1 is 1.15 bits per heavy atom. The van der Waals surface area contributed by atoms with Crippen molar-refractivity contribution in [3.8, 4) is 0 Å². The molecule has 1 aromatic carbocycles. The third-order valence-corrected chi connectivity index (χ3v) is 3.75. The summed E-state index contributed by atoms with van der Waals surface area (Å²) in [6, 6.07) is 8.82. The summed E-state index contributed by atoms with van der Waals surface area (Å²) >= 11 is 0. The van der Waals surface area contributed by atoms with Gasteiger partial charge < -0.3 is 0 Å².